The summed E-state index contributed by atoms with van der Waals surface area (Å²) in [5.41, 5.74) is 0.306. The molecule has 2 aromatic carbocycles. The Kier molecular flexibility index (Phi) is 8.04. The minimum absolute atomic E-state index is 0.0182. The zero-order valence-electron chi connectivity index (χ0n) is 15.4. The predicted octanol–water partition coefficient (Wildman–Crippen LogP) is 5.42. The lowest BCUT2D eigenvalue weighted by Gasteiger charge is -2.14. The monoisotopic (exact) mass is 447 g/mol. The van der Waals surface area contributed by atoms with Crippen molar-refractivity contribution in [2.24, 2.45) is 0 Å². The molecule has 2 rings (SSSR count). The lowest BCUT2D eigenvalue weighted by atomic mass is 10.1. The SMILES string of the molecule is CCOC(=O)c1cc(Cl)c(NC(=O)c2ccc(OC(F)F)c(OCC)c2)c(Cl)c1. The summed E-state index contributed by atoms with van der Waals surface area (Å²) in [6, 6.07) is 6.35. The highest BCUT2D eigenvalue weighted by atomic mass is 35.5. The minimum atomic E-state index is -3.04. The first-order chi connectivity index (χ1) is 13.8. The molecule has 0 aliphatic heterocycles. The second-order valence-corrected chi connectivity index (χ2v) is 6.28. The zero-order chi connectivity index (χ0) is 21.6. The number of nitrogens with one attached hydrogen (secondary N) is 1. The minimum Gasteiger partial charge on any atom is -0.490 e. The maximum atomic E-state index is 12.6. The summed E-state index contributed by atoms with van der Waals surface area (Å²) in [6.45, 7) is 0.634. The topological polar surface area (TPSA) is 73.9 Å². The van der Waals surface area contributed by atoms with Crippen LogP contribution in [-0.2, 0) is 4.74 Å². The molecule has 156 valence electrons. The van der Waals surface area contributed by atoms with Gasteiger partial charge in [0.1, 0.15) is 0 Å². The van der Waals surface area contributed by atoms with E-state index in [-0.39, 0.29) is 51.6 Å². The van der Waals surface area contributed by atoms with Gasteiger partial charge in [-0.2, -0.15) is 8.78 Å². The maximum absolute atomic E-state index is 12.6. The van der Waals surface area contributed by atoms with Gasteiger partial charge in [-0.25, -0.2) is 4.79 Å². The van der Waals surface area contributed by atoms with Crippen molar-refractivity contribution in [1.82, 2.24) is 0 Å². The van der Waals surface area contributed by atoms with Crippen LogP contribution in [0.15, 0.2) is 30.3 Å². The molecule has 0 radical (unpaired) electrons. The number of carbonyl (C=O) groups is 2. The number of rotatable bonds is 8. The lowest BCUT2D eigenvalue weighted by molar-refractivity contribution is -0.0514. The number of amides is 1. The largest absolute Gasteiger partial charge is 0.490 e. The van der Waals surface area contributed by atoms with Gasteiger partial charge in [0.2, 0.25) is 0 Å². The summed E-state index contributed by atoms with van der Waals surface area (Å²) in [7, 11) is 0. The van der Waals surface area contributed by atoms with E-state index in [1.54, 1.807) is 13.8 Å². The first-order valence-electron chi connectivity index (χ1n) is 8.46. The number of alkyl halides is 2. The normalized spacial score (nSPS) is 10.6. The molecule has 1 N–H and O–H groups in total. The van der Waals surface area contributed by atoms with E-state index in [1.165, 1.54) is 30.3 Å². The van der Waals surface area contributed by atoms with Crippen molar-refractivity contribution < 1.29 is 32.6 Å². The summed E-state index contributed by atoms with van der Waals surface area (Å²) in [5.74, 6) is -1.45. The first-order valence-corrected chi connectivity index (χ1v) is 9.21. The van der Waals surface area contributed by atoms with Crippen molar-refractivity contribution in [2.45, 2.75) is 20.5 Å². The fourth-order valence-corrected chi connectivity index (χ4v) is 2.90. The maximum Gasteiger partial charge on any atom is 0.387 e. The Hall–Kier alpha value is -2.58. The number of hydrogen-bond acceptors (Lipinski definition) is 5. The van der Waals surface area contributed by atoms with Crippen molar-refractivity contribution in [3.05, 3.63) is 51.5 Å². The quantitative estimate of drug-likeness (QED) is 0.546. The van der Waals surface area contributed by atoms with Crippen LogP contribution < -0.4 is 14.8 Å². The van der Waals surface area contributed by atoms with Gasteiger partial charge in [0.25, 0.3) is 5.91 Å². The number of esters is 1. The number of halogens is 4. The highest BCUT2D eigenvalue weighted by Gasteiger charge is 2.18. The van der Waals surface area contributed by atoms with Crippen molar-refractivity contribution in [3.63, 3.8) is 0 Å². The van der Waals surface area contributed by atoms with Gasteiger partial charge in [-0.05, 0) is 44.2 Å². The molecule has 0 aliphatic carbocycles. The van der Waals surface area contributed by atoms with Crippen LogP contribution in [0.2, 0.25) is 10.0 Å². The molecule has 0 bridgehead atoms. The summed E-state index contributed by atoms with van der Waals surface area (Å²) in [5, 5.41) is 2.57. The molecule has 0 unspecified atom stereocenters. The fraction of sp³-hybridized carbons (Fsp3) is 0.263. The second kappa shape index (κ2) is 10.3. The summed E-state index contributed by atoms with van der Waals surface area (Å²) in [6.07, 6.45) is 0. The molecule has 0 atom stereocenters. The van der Waals surface area contributed by atoms with Crippen LogP contribution in [0, 0.1) is 0 Å². The molecule has 0 spiro atoms. The molecule has 29 heavy (non-hydrogen) atoms. The third kappa shape index (κ3) is 5.95. The Bertz CT molecular complexity index is 885. The van der Waals surface area contributed by atoms with E-state index in [1.807, 2.05) is 0 Å². The van der Waals surface area contributed by atoms with Crippen molar-refractivity contribution in [3.8, 4) is 11.5 Å². The Morgan fingerprint density at radius 2 is 1.66 bits per heavy atom. The Labute approximate surface area is 175 Å². The van der Waals surface area contributed by atoms with E-state index in [9.17, 15) is 18.4 Å². The molecular weight excluding hydrogens is 431 g/mol. The predicted molar refractivity (Wildman–Crippen MR) is 105 cm³/mol. The molecular formula is C19H17Cl2F2NO5. The van der Waals surface area contributed by atoms with Gasteiger partial charge >= 0.3 is 12.6 Å². The van der Waals surface area contributed by atoms with Gasteiger partial charge in [0.15, 0.2) is 11.5 Å². The summed E-state index contributed by atoms with van der Waals surface area (Å²) < 4.78 is 39.5. The third-order valence-electron chi connectivity index (χ3n) is 3.51. The highest BCUT2D eigenvalue weighted by Crippen LogP contribution is 2.34. The third-order valence-corrected chi connectivity index (χ3v) is 4.11. The van der Waals surface area contributed by atoms with Crippen LogP contribution in [0.3, 0.4) is 0 Å². The van der Waals surface area contributed by atoms with Crippen LogP contribution in [0.25, 0.3) is 0 Å². The van der Waals surface area contributed by atoms with Crippen molar-refractivity contribution >= 4 is 40.8 Å². The number of benzene rings is 2. The van der Waals surface area contributed by atoms with Gasteiger partial charge < -0.3 is 19.5 Å². The van der Waals surface area contributed by atoms with Gasteiger partial charge in [-0.3, -0.25) is 4.79 Å². The highest BCUT2D eigenvalue weighted by molar-refractivity contribution is 6.40. The molecule has 0 saturated carbocycles. The van der Waals surface area contributed by atoms with Gasteiger partial charge in [0.05, 0.1) is 34.5 Å². The van der Waals surface area contributed by atoms with Crippen LogP contribution in [0.4, 0.5) is 14.5 Å². The Morgan fingerprint density at radius 3 is 2.21 bits per heavy atom. The molecule has 0 saturated heterocycles. The molecule has 1 amide bonds. The zero-order valence-corrected chi connectivity index (χ0v) is 16.9. The summed E-state index contributed by atoms with van der Waals surface area (Å²) in [4.78, 5) is 24.4. The average Bonchev–Trinajstić information content (AvgIpc) is 2.65. The van der Waals surface area contributed by atoms with E-state index in [0.717, 1.165) is 0 Å². The molecule has 0 heterocycles. The second-order valence-electron chi connectivity index (χ2n) is 5.46. The van der Waals surface area contributed by atoms with E-state index in [0.29, 0.717) is 0 Å². The molecule has 0 fully saturated rings. The summed E-state index contributed by atoms with van der Waals surface area (Å²) >= 11 is 12.3. The van der Waals surface area contributed by atoms with Crippen molar-refractivity contribution in [1.29, 1.82) is 0 Å². The van der Waals surface area contributed by atoms with E-state index in [4.69, 9.17) is 32.7 Å². The average molecular weight is 448 g/mol. The van der Waals surface area contributed by atoms with Gasteiger partial charge in [-0.1, -0.05) is 23.2 Å². The van der Waals surface area contributed by atoms with Crippen LogP contribution in [-0.4, -0.2) is 31.7 Å². The fourth-order valence-electron chi connectivity index (χ4n) is 2.32. The van der Waals surface area contributed by atoms with Crippen molar-refractivity contribution in [2.75, 3.05) is 18.5 Å². The van der Waals surface area contributed by atoms with E-state index >= 15 is 0 Å². The molecule has 0 aliphatic rings. The molecule has 0 aromatic heterocycles. The van der Waals surface area contributed by atoms with Gasteiger partial charge in [0, 0.05) is 5.56 Å². The van der Waals surface area contributed by atoms with Crippen LogP contribution in [0.1, 0.15) is 34.6 Å². The first kappa shape index (κ1) is 22.7. The molecule has 6 nitrogen and oxygen atoms in total. The smallest absolute Gasteiger partial charge is 0.387 e. The molecule has 2 aromatic rings. The number of anilines is 1. The Morgan fingerprint density at radius 1 is 1.00 bits per heavy atom. The van der Waals surface area contributed by atoms with E-state index < -0.39 is 18.5 Å². The Balaban J connectivity index is 2.28. The van der Waals surface area contributed by atoms with E-state index in [2.05, 4.69) is 10.1 Å². The standard InChI is InChI=1S/C19H17Cl2F2NO5/c1-3-27-15-9-10(5-6-14(15)29-19(22)23)17(25)24-16-12(20)7-11(8-13(16)21)18(26)28-4-2/h5-9,19H,3-4H2,1-2H3,(H,24,25). The van der Waals surface area contributed by atoms with Crippen LogP contribution >= 0.6 is 23.2 Å². The van der Waals surface area contributed by atoms with Crippen LogP contribution in [0.5, 0.6) is 11.5 Å². The number of hydrogen-bond donors (Lipinski definition) is 1. The number of ether oxygens (including phenoxy) is 3. The number of carbonyl (C=O) groups excluding carboxylic acids is 2. The lowest BCUT2D eigenvalue weighted by Crippen LogP contribution is -2.14. The van der Waals surface area contributed by atoms with Gasteiger partial charge in [-0.15, -0.1) is 0 Å². The molecule has 10 heteroatoms.